The van der Waals surface area contributed by atoms with E-state index in [-0.39, 0.29) is 17.7 Å². The largest absolute Gasteiger partial charge is 0.488 e. The van der Waals surface area contributed by atoms with Gasteiger partial charge in [0.25, 0.3) is 11.1 Å². The van der Waals surface area contributed by atoms with E-state index in [1.54, 1.807) is 6.08 Å². The van der Waals surface area contributed by atoms with Crippen LogP contribution in [-0.4, -0.2) is 22.6 Å². The monoisotopic (exact) mass is 435 g/mol. The average Bonchev–Trinajstić information content (AvgIpc) is 3.02. The second-order valence-electron chi connectivity index (χ2n) is 6.69. The topological polar surface area (TPSA) is 46.6 Å². The molecular weight excluding hydrogens is 418 g/mol. The minimum absolute atomic E-state index is 0.192. The zero-order chi connectivity index (χ0) is 21.1. The van der Waals surface area contributed by atoms with E-state index in [1.807, 2.05) is 60.7 Å². The molecule has 3 aromatic carbocycles. The van der Waals surface area contributed by atoms with Crippen LogP contribution < -0.4 is 4.74 Å². The summed E-state index contributed by atoms with van der Waals surface area (Å²) in [7, 11) is 0. The van der Waals surface area contributed by atoms with Crippen LogP contribution in [-0.2, 0) is 11.4 Å². The number of fused-ring (bicyclic) bond motifs is 1. The van der Waals surface area contributed by atoms with Crippen LogP contribution in [0.1, 0.15) is 11.1 Å². The van der Waals surface area contributed by atoms with Gasteiger partial charge in [-0.2, -0.15) is 0 Å². The Hall–Kier alpha value is -3.02. The SMILES string of the molecule is C=CCN1C(=O)S/C(=C/c2c(OCc3ccc(Cl)cc3)ccc3ccccc23)C1=O. The van der Waals surface area contributed by atoms with E-state index < -0.39 is 0 Å². The van der Waals surface area contributed by atoms with Crippen molar-refractivity contribution in [2.45, 2.75) is 6.61 Å². The number of hydrogen-bond acceptors (Lipinski definition) is 4. The fraction of sp³-hybridized carbons (Fsp3) is 0.0833. The van der Waals surface area contributed by atoms with Crippen LogP contribution in [0, 0.1) is 0 Å². The van der Waals surface area contributed by atoms with Crippen molar-refractivity contribution < 1.29 is 14.3 Å². The van der Waals surface area contributed by atoms with Gasteiger partial charge in [-0.25, -0.2) is 0 Å². The first kappa shape index (κ1) is 20.3. The summed E-state index contributed by atoms with van der Waals surface area (Å²) < 4.78 is 6.09. The molecule has 0 aromatic heterocycles. The van der Waals surface area contributed by atoms with Gasteiger partial charge in [-0.15, -0.1) is 6.58 Å². The highest BCUT2D eigenvalue weighted by molar-refractivity contribution is 8.18. The van der Waals surface area contributed by atoms with E-state index >= 15 is 0 Å². The van der Waals surface area contributed by atoms with Gasteiger partial charge in [0.15, 0.2) is 0 Å². The van der Waals surface area contributed by atoms with Crippen LogP contribution in [0.2, 0.25) is 5.02 Å². The van der Waals surface area contributed by atoms with Crippen molar-refractivity contribution >= 4 is 51.4 Å². The van der Waals surface area contributed by atoms with Crippen molar-refractivity contribution in [1.29, 1.82) is 0 Å². The van der Waals surface area contributed by atoms with Crippen molar-refractivity contribution in [2.75, 3.05) is 6.54 Å². The van der Waals surface area contributed by atoms with Gasteiger partial charge >= 0.3 is 0 Å². The van der Waals surface area contributed by atoms with Gasteiger partial charge in [-0.1, -0.05) is 60.1 Å². The highest BCUT2D eigenvalue weighted by Crippen LogP contribution is 2.37. The number of amides is 2. The highest BCUT2D eigenvalue weighted by Gasteiger charge is 2.34. The summed E-state index contributed by atoms with van der Waals surface area (Å²) in [6.07, 6.45) is 3.28. The molecule has 4 nitrogen and oxygen atoms in total. The molecule has 0 N–H and O–H groups in total. The van der Waals surface area contributed by atoms with Gasteiger partial charge in [0, 0.05) is 17.1 Å². The van der Waals surface area contributed by atoms with E-state index in [9.17, 15) is 9.59 Å². The number of hydrogen-bond donors (Lipinski definition) is 0. The number of thioether (sulfide) groups is 1. The van der Waals surface area contributed by atoms with Gasteiger partial charge in [-0.05, 0) is 52.4 Å². The fourth-order valence-electron chi connectivity index (χ4n) is 3.21. The van der Waals surface area contributed by atoms with Crippen LogP contribution >= 0.6 is 23.4 Å². The molecule has 1 heterocycles. The van der Waals surface area contributed by atoms with Gasteiger partial charge in [0.2, 0.25) is 0 Å². The minimum Gasteiger partial charge on any atom is -0.488 e. The number of ether oxygens (including phenoxy) is 1. The van der Waals surface area contributed by atoms with Crippen LogP contribution in [0.15, 0.2) is 78.2 Å². The summed E-state index contributed by atoms with van der Waals surface area (Å²) in [5.41, 5.74) is 1.75. The number of carbonyl (C=O) groups is 2. The Kier molecular flexibility index (Phi) is 5.93. The van der Waals surface area contributed by atoms with Crippen molar-refractivity contribution in [3.63, 3.8) is 0 Å². The standard InChI is InChI=1S/C24H18ClNO3S/c1-2-13-26-23(27)22(30-24(26)28)14-20-19-6-4-3-5-17(19)9-12-21(20)29-15-16-7-10-18(25)11-8-16/h2-12,14H,1,13,15H2/b22-14+. The molecule has 1 aliphatic heterocycles. The van der Waals surface area contributed by atoms with E-state index in [2.05, 4.69) is 6.58 Å². The number of imide groups is 1. The summed E-state index contributed by atoms with van der Waals surface area (Å²) in [6.45, 7) is 4.16. The van der Waals surface area contributed by atoms with E-state index in [1.165, 1.54) is 11.0 Å². The maximum atomic E-state index is 12.7. The maximum Gasteiger partial charge on any atom is 0.293 e. The van der Waals surface area contributed by atoms with Crippen molar-refractivity contribution in [3.05, 3.63) is 94.4 Å². The predicted molar refractivity (Wildman–Crippen MR) is 123 cm³/mol. The summed E-state index contributed by atoms with van der Waals surface area (Å²) in [5.74, 6) is 0.320. The predicted octanol–water partition coefficient (Wildman–Crippen LogP) is 6.29. The molecule has 0 spiro atoms. The molecule has 1 saturated heterocycles. The first-order chi connectivity index (χ1) is 14.6. The zero-order valence-corrected chi connectivity index (χ0v) is 17.6. The second kappa shape index (κ2) is 8.78. The molecule has 1 aliphatic rings. The first-order valence-electron chi connectivity index (χ1n) is 9.32. The Morgan fingerprint density at radius 3 is 2.57 bits per heavy atom. The van der Waals surface area contributed by atoms with Crippen LogP contribution in [0.4, 0.5) is 4.79 Å². The molecule has 6 heteroatoms. The summed E-state index contributed by atoms with van der Waals surface area (Å²) in [4.78, 5) is 26.4. The Bertz CT molecular complexity index is 1170. The Balaban J connectivity index is 1.72. The maximum absolute atomic E-state index is 12.7. The molecule has 1 fully saturated rings. The number of nitrogens with zero attached hydrogens (tertiary/aromatic N) is 1. The quantitative estimate of drug-likeness (QED) is 0.337. The Morgan fingerprint density at radius 2 is 1.80 bits per heavy atom. The Labute approximate surface area is 183 Å². The lowest BCUT2D eigenvalue weighted by Gasteiger charge is -2.13. The number of halogens is 1. The zero-order valence-electron chi connectivity index (χ0n) is 16.0. The smallest absolute Gasteiger partial charge is 0.293 e. The third kappa shape index (κ3) is 4.13. The molecule has 2 amide bonds. The summed E-state index contributed by atoms with van der Waals surface area (Å²) in [5, 5.41) is 2.34. The van der Waals surface area contributed by atoms with E-state index in [0.29, 0.717) is 22.3 Å². The summed E-state index contributed by atoms with van der Waals surface area (Å²) in [6, 6.07) is 19.2. The number of benzene rings is 3. The lowest BCUT2D eigenvalue weighted by Crippen LogP contribution is -2.27. The third-order valence-corrected chi connectivity index (χ3v) is 5.86. The summed E-state index contributed by atoms with van der Waals surface area (Å²) >= 11 is 6.88. The molecule has 0 atom stereocenters. The van der Waals surface area contributed by atoms with E-state index in [0.717, 1.165) is 33.7 Å². The molecule has 0 saturated carbocycles. The lowest BCUT2D eigenvalue weighted by molar-refractivity contribution is -0.122. The van der Waals surface area contributed by atoms with Crippen LogP contribution in [0.3, 0.4) is 0 Å². The number of carbonyl (C=O) groups excluding carboxylic acids is 2. The van der Waals surface area contributed by atoms with Gasteiger partial charge in [-0.3, -0.25) is 14.5 Å². The van der Waals surface area contributed by atoms with Crippen LogP contribution in [0.5, 0.6) is 5.75 Å². The normalized spacial score (nSPS) is 15.2. The van der Waals surface area contributed by atoms with E-state index in [4.69, 9.17) is 16.3 Å². The molecule has 0 radical (unpaired) electrons. The molecule has 150 valence electrons. The molecule has 0 unspecified atom stereocenters. The van der Waals surface area contributed by atoms with Gasteiger partial charge in [0.05, 0.1) is 4.91 Å². The first-order valence-corrected chi connectivity index (χ1v) is 10.5. The minimum atomic E-state index is -0.318. The van der Waals surface area contributed by atoms with Gasteiger partial charge in [0.1, 0.15) is 12.4 Å². The lowest BCUT2D eigenvalue weighted by atomic mass is 10.0. The molecule has 4 rings (SSSR count). The molecule has 3 aromatic rings. The molecular formula is C24H18ClNO3S. The molecule has 0 aliphatic carbocycles. The van der Waals surface area contributed by atoms with Gasteiger partial charge < -0.3 is 4.74 Å². The number of rotatable bonds is 6. The van der Waals surface area contributed by atoms with Crippen molar-refractivity contribution in [3.8, 4) is 5.75 Å². The van der Waals surface area contributed by atoms with Crippen LogP contribution in [0.25, 0.3) is 16.8 Å². The average molecular weight is 436 g/mol. The Morgan fingerprint density at radius 1 is 1.03 bits per heavy atom. The van der Waals surface area contributed by atoms with Crippen molar-refractivity contribution in [2.24, 2.45) is 0 Å². The third-order valence-electron chi connectivity index (χ3n) is 4.70. The second-order valence-corrected chi connectivity index (χ2v) is 8.12. The highest BCUT2D eigenvalue weighted by atomic mass is 35.5. The fourth-order valence-corrected chi connectivity index (χ4v) is 4.17. The van der Waals surface area contributed by atoms with Crippen molar-refractivity contribution in [1.82, 2.24) is 4.90 Å². The molecule has 30 heavy (non-hydrogen) atoms. The molecule has 0 bridgehead atoms.